The number of aliphatic imine (C=N–C) groups is 1. The molecule has 0 unspecified atom stereocenters. The van der Waals surface area contributed by atoms with Crippen LogP contribution in [0.3, 0.4) is 0 Å². The minimum absolute atomic E-state index is 0.124. The third-order valence-electron chi connectivity index (χ3n) is 3.95. The number of hydrogen-bond acceptors (Lipinski definition) is 4. The van der Waals surface area contributed by atoms with Gasteiger partial charge >= 0.3 is 0 Å². The molecule has 1 aromatic heterocycles. The number of nitrogens with zero attached hydrogens (tertiary/aromatic N) is 2. The fourth-order valence-electron chi connectivity index (χ4n) is 2.53. The first-order valence-electron chi connectivity index (χ1n) is 9.09. The molecule has 7 nitrogen and oxygen atoms in total. The SMILES string of the molecule is CCNC(=NCCNS(=O)(=O)c1cccnc1)NCCc1ccc(F)cc1C. The van der Waals surface area contributed by atoms with Gasteiger partial charge in [-0.15, -0.1) is 0 Å². The Morgan fingerprint density at radius 3 is 2.71 bits per heavy atom. The summed E-state index contributed by atoms with van der Waals surface area (Å²) in [6.45, 7) is 5.59. The smallest absolute Gasteiger partial charge is 0.242 e. The van der Waals surface area contributed by atoms with E-state index in [-0.39, 0.29) is 23.8 Å². The highest BCUT2D eigenvalue weighted by molar-refractivity contribution is 7.89. The van der Waals surface area contributed by atoms with Gasteiger partial charge in [-0.1, -0.05) is 6.07 Å². The van der Waals surface area contributed by atoms with Gasteiger partial charge in [-0.2, -0.15) is 0 Å². The topological polar surface area (TPSA) is 95.5 Å². The number of hydrogen-bond donors (Lipinski definition) is 3. The molecule has 28 heavy (non-hydrogen) atoms. The Hall–Kier alpha value is -2.52. The quantitative estimate of drug-likeness (QED) is 0.333. The fraction of sp³-hybridized carbons (Fsp3) is 0.368. The van der Waals surface area contributed by atoms with Crippen LogP contribution in [-0.4, -0.2) is 45.5 Å². The summed E-state index contributed by atoms with van der Waals surface area (Å²) >= 11 is 0. The number of nitrogens with one attached hydrogen (secondary N) is 3. The van der Waals surface area contributed by atoms with Crippen molar-refractivity contribution in [2.45, 2.75) is 25.2 Å². The normalized spacial score (nSPS) is 12.0. The Bertz CT molecular complexity index is 888. The van der Waals surface area contributed by atoms with Gasteiger partial charge in [0, 0.05) is 32.0 Å². The van der Waals surface area contributed by atoms with Crippen LogP contribution in [0.1, 0.15) is 18.1 Å². The second-order valence-corrected chi connectivity index (χ2v) is 7.86. The van der Waals surface area contributed by atoms with E-state index in [9.17, 15) is 12.8 Å². The molecule has 0 aliphatic rings. The summed E-state index contributed by atoms with van der Waals surface area (Å²) in [6.07, 6.45) is 3.55. The van der Waals surface area contributed by atoms with E-state index >= 15 is 0 Å². The molecule has 1 aromatic carbocycles. The van der Waals surface area contributed by atoms with Crippen LogP contribution in [-0.2, 0) is 16.4 Å². The molecule has 0 saturated carbocycles. The Balaban J connectivity index is 1.83. The molecule has 1 heterocycles. The molecule has 0 saturated heterocycles. The van der Waals surface area contributed by atoms with E-state index in [0.29, 0.717) is 19.0 Å². The summed E-state index contributed by atoms with van der Waals surface area (Å²) in [5.74, 6) is 0.362. The summed E-state index contributed by atoms with van der Waals surface area (Å²) in [6, 6.07) is 7.81. The molecule has 0 amide bonds. The van der Waals surface area contributed by atoms with E-state index in [2.05, 4.69) is 25.3 Å². The molecule has 9 heteroatoms. The van der Waals surface area contributed by atoms with Crippen LogP contribution in [0.2, 0.25) is 0 Å². The lowest BCUT2D eigenvalue weighted by Gasteiger charge is -2.12. The molecule has 0 fully saturated rings. The van der Waals surface area contributed by atoms with E-state index in [1.54, 1.807) is 12.1 Å². The lowest BCUT2D eigenvalue weighted by molar-refractivity contribution is 0.581. The molecule has 0 radical (unpaired) electrons. The van der Waals surface area contributed by atoms with E-state index in [1.165, 1.54) is 30.6 Å². The maximum atomic E-state index is 13.2. The number of aromatic nitrogens is 1. The number of aryl methyl sites for hydroxylation is 1. The van der Waals surface area contributed by atoms with Crippen molar-refractivity contribution in [3.8, 4) is 0 Å². The van der Waals surface area contributed by atoms with Crippen molar-refractivity contribution in [1.82, 2.24) is 20.3 Å². The summed E-state index contributed by atoms with van der Waals surface area (Å²) in [7, 11) is -3.58. The number of guanidine groups is 1. The second-order valence-electron chi connectivity index (χ2n) is 6.09. The number of halogens is 1. The molecule has 0 atom stereocenters. The van der Waals surface area contributed by atoms with Crippen molar-refractivity contribution in [3.63, 3.8) is 0 Å². The zero-order valence-electron chi connectivity index (χ0n) is 16.1. The lowest BCUT2D eigenvalue weighted by Crippen LogP contribution is -2.39. The average Bonchev–Trinajstić information content (AvgIpc) is 2.67. The highest BCUT2D eigenvalue weighted by Gasteiger charge is 2.12. The average molecular weight is 408 g/mol. The van der Waals surface area contributed by atoms with Crippen LogP contribution in [0.15, 0.2) is 52.6 Å². The van der Waals surface area contributed by atoms with Crippen molar-refractivity contribution in [3.05, 3.63) is 59.7 Å². The molecule has 2 aromatic rings. The first-order chi connectivity index (χ1) is 13.4. The molecule has 3 N–H and O–H groups in total. The highest BCUT2D eigenvalue weighted by Crippen LogP contribution is 2.10. The lowest BCUT2D eigenvalue weighted by atomic mass is 10.1. The van der Waals surface area contributed by atoms with Gasteiger partial charge in [-0.3, -0.25) is 9.98 Å². The van der Waals surface area contributed by atoms with Gasteiger partial charge in [0.2, 0.25) is 10.0 Å². The molecular formula is C19H26FN5O2S. The van der Waals surface area contributed by atoms with Crippen LogP contribution in [0.4, 0.5) is 4.39 Å². The van der Waals surface area contributed by atoms with Gasteiger partial charge in [-0.05, 0) is 55.7 Å². The summed E-state index contributed by atoms with van der Waals surface area (Å²) < 4.78 is 39.9. The highest BCUT2D eigenvalue weighted by atomic mass is 32.2. The van der Waals surface area contributed by atoms with Crippen molar-refractivity contribution in [1.29, 1.82) is 0 Å². The van der Waals surface area contributed by atoms with Crippen LogP contribution in [0.25, 0.3) is 0 Å². The van der Waals surface area contributed by atoms with E-state index in [4.69, 9.17) is 0 Å². The van der Waals surface area contributed by atoms with Crippen LogP contribution >= 0.6 is 0 Å². The number of sulfonamides is 1. The molecule has 0 aliphatic carbocycles. The van der Waals surface area contributed by atoms with Crippen LogP contribution in [0.5, 0.6) is 0 Å². The molecule has 0 aliphatic heterocycles. The Morgan fingerprint density at radius 2 is 2.04 bits per heavy atom. The van der Waals surface area contributed by atoms with Gasteiger partial charge < -0.3 is 10.6 Å². The van der Waals surface area contributed by atoms with E-state index in [1.807, 2.05) is 13.8 Å². The van der Waals surface area contributed by atoms with Crippen molar-refractivity contribution < 1.29 is 12.8 Å². The zero-order valence-corrected chi connectivity index (χ0v) is 16.9. The Morgan fingerprint density at radius 1 is 1.21 bits per heavy atom. The van der Waals surface area contributed by atoms with Gasteiger partial charge in [0.1, 0.15) is 10.7 Å². The zero-order chi connectivity index (χ0) is 20.4. The number of rotatable bonds is 9. The third kappa shape index (κ3) is 6.90. The molecule has 0 spiro atoms. The van der Waals surface area contributed by atoms with Gasteiger partial charge in [0.05, 0.1) is 6.54 Å². The monoisotopic (exact) mass is 407 g/mol. The predicted octanol–water partition coefficient (Wildman–Crippen LogP) is 1.61. The van der Waals surface area contributed by atoms with Crippen LogP contribution < -0.4 is 15.4 Å². The largest absolute Gasteiger partial charge is 0.357 e. The summed E-state index contributed by atoms with van der Waals surface area (Å²) in [5.41, 5.74) is 1.97. The molecule has 152 valence electrons. The first kappa shape index (κ1) is 21.8. The molecule has 2 rings (SSSR count). The fourth-order valence-corrected chi connectivity index (χ4v) is 3.52. The predicted molar refractivity (Wildman–Crippen MR) is 108 cm³/mol. The van der Waals surface area contributed by atoms with Gasteiger partial charge in [-0.25, -0.2) is 17.5 Å². The second kappa shape index (κ2) is 10.7. The Kier molecular flexibility index (Phi) is 8.34. The van der Waals surface area contributed by atoms with Crippen molar-refractivity contribution in [2.24, 2.45) is 4.99 Å². The molecule has 0 bridgehead atoms. The first-order valence-corrected chi connectivity index (χ1v) is 10.6. The number of pyridine rings is 1. The number of benzene rings is 1. The minimum Gasteiger partial charge on any atom is -0.357 e. The van der Waals surface area contributed by atoms with Gasteiger partial charge in [0.25, 0.3) is 0 Å². The maximum absolute atomic E-state index is 13.2. The van der Waals surface area contributed by atoms with Crippen LogP contribution in [0, 0.1) is 12.7 Å². The summed E-state index contributed by atoms with van der Waals surface area (Å²) in [4.78, 5) is 8.31. The van der Waals surface area contributed by atoms with Gasteiger partial charge in [0.15, 0.2) is 5.96 Å². The van der Waals surface area contributed by atoms with E-state index < -0.39 is 10.0 Å². The van der Waals surface area contributed by atoms with E-state index in [0.717, 1.165) is 17.5 Å². The van der Waals surface area contributed by atoms with Crippen molar-refractivity contribution >= 4 is 16.0 Å². The standard InChI is InChI=1S/C19H26FN5O2S/c1-3-22-19(23-10-8-16-6-7-17(20)13-15(16)2)24-11-12-25-28(26,27)18-5-4-9-21-14-18/h4-7,9,13-14,25H,3,8,10-12H2,1-2H3,(H2,22,23,24). The third-order valence-corrected chi connectivity index (χ3v) is 5.40. The summed E-state index contributed by atoms with van der Waals surface area (Å²) in [5, 5.41) is 6.31. The minimum atomic E-state index is -3.58. The van der Waals surface area contributed by atoms with Crippen molar-refractivity contribution in [2.75, 3.05) is 26.2 Å². The maximum Gasteiger partial charge on any atom is 0.242 e. The Labute approximate surface area is 165 Å². The molecular weight excluding hydrogens is 381 g/mol.